The zero-order valence-corrected chi connectivity index (χ0v) is 21.3. The van der Waals surface area contributed by atoms with E-state index in [1.165, 1.54) is 6.42 Å². The Hall–Kier alpha value is -3.58. The molecule has 1 aliphatic rings. The topological polar surface area (TPSA) is 71.9 Å². The van der Waals surface area contributed by atoms with Gasteiger partial charge in [-0.25, -0.2) is 4.98 Å². The van der Waals surface area contributed by atoms with Gasteiger partial charge in [0.15, 0.2) is 5.65 Å². The summed E-state index contributed by atoms with van der Waals surface area (Å²) in [6.45, 7) is 4.42. The Labute approximate surface area is 211 Å². The van der Waals surface area contributed by atoms with Crippen LogP contribution < -0.4 is 15.2 Å². The maximum Gasteiger partial charge on any atom is 0.276 e. The van der Waals surface area contributed by atoms with Crippen LogP contribution in [0.5, 0.6) is 5.75 Å². The molecule has 0 aliphatic carbocycles. The molecule has 1 aliphatic heterocycles. The minimum atomic E-state index is -0.144. The van der Waals surface area contributed by atoms with Crippen LogP contribution in [0.15, 0.2) is 59.4 Å². The van der Waals surface area contributed by atoms with Crippen LogP contribution in [0, 0.1) is 6.92 Å². The first kappa shape index (κ1) is 24.1. The number of aromatic amines is 1. The molecule has 1 atom stereocenters. The van der Waals surface area contributed by atoms with Crippen molar-refractivity contribution < 1.29 is 9.47 Å². The fourth-order valence-corrected chi connectivity index (χ4v) is 5.35. The summed E-state index contributed by atoms with van der Waals surface area (Å²) in [5.74, 6) is 0.643. The lowest BCUT2D eigenvalue weighted by atomic mass is 9.88. The number of aryl methyl sites for hydroxylation is 1. The number of nitrogens with one attached hydrogen (secondary N) is 1. The Morgan fingerprint density at radius 2 is 1.72 bits per heavy atom. The zero-order chi connectivity index (χ0) is 25.1. The normalized spacial score (nSPS) is 14.8. The number of hydrogen-bond donors (Lipinski definition) is 1. The molecule has 2 aromatic carbocycles. The first-order valence-electron chi connectivity index (χ1n) is 12.7. The van der Waals surface area contributed by atoms with Gasteiger partial charge in [0, 0.05) is 49.5 Å². The van der Waals surface area contributed by atoms with Gasteiger partial charge in [0.25, 0.3) is 5.56 Å². The molecule has 4 aromatic rings. The third-order valence-corrected chi connectivity index (χ3v) is 7.19. The van der Waals surface area contributed by atoms with Crippen LogP contribution in [0.25, 0.3) is 16.9 Å². The maximum atomic E-state index is 14.1. The van der Waals surface area contributed by atoms with Crippen LogP contribution in [0.1, 0.15) is 48.4 Å². The van der Waals surface area contributed by atoms with Crippen LogP contribution in [0.2, 0.25) is 0 Å². The minimum Gasteiger partial charge on any atom is -0.497 e. The average molecular weight is 487 g/mol. The van der Waals surface area contributed by atoms with E-state index in [-0.39, 0.29) is 11.5 Å². The molecule has 0 radical (unpaired) electrons. The van der Waals surface area contributed by atoms with Gasteiger partial charge in [0.05, 0.1) is 12.8 Å². The van der Waals surface area contributed by atoms with Gasteiger partial charge in [-0.15, -0.1) is 0 Å². The number of aromatic nitrogens is 3. The third-order valence-electron chi connectivity index (χ3n) is 7.19. The number of hydrogen-bond acceptors (Lipinski definition) is 5. The van der Waals surface area contributed by atoms with Gasteiger partial charge < -0.3 is 14.4 Å². The van der Waals surface area contributed by atoms with Gasteiger partial charge >= 0.3 is 0 Å². The molecule has 1 N–H and O–H groups in total. The molecule has 0 spiro atoms. The molecular formula is C29H34N4O3. The van der Waals surface area contributed by atoms with Gasteiger partial charge in [-0.1, -0.05) is 42.5 Å². The van der Waals surface area contributed by atoms with E-state index in [1.807, 2.05) is 49.4 Å². The quantitative estimate of drug-likeness (QED) is 0.372. The molecule has 0 bridgehead atoms. The average Bonchev–Trinajstić information content (AvgIpc) is 3.31. The molecule has 1 saturated heterocycles. The molecule has 1 unspecified atom stereocenters. The number of ether oxygens (including phenoxy) is 2. The highest BCUT2D eigenvalue weighted by atomic mass is 16.5. The van der Waals surface area contributed by atoms with Crippen molar-refractivity contribution >= 4 is 11.3 Å². The predicted octanol–water partition coefficient (Wildman–Crippen LogP) is 5.17. The minimum absolute atomic E-state index is 0.0603. The largest absolute Gasteiger partial charge is 0.497 e. The van der Waals surface area contributed by atoms with Crippen molar-refractivity contribution in [3.8, 4) is 17.0 Å². The van der Waals surface area contributed by atoms with E-state index in [0.717, 1.165) is 59.9 Å². The Morgan fingerprint density at radius 1 is 1.00 bits per heavy atom. The molecule has 1 fully saturated rings. The molecule has 0 saturated carbocycles. The fraction of sp³-hybridized carbons (Fsp3) is 0.379. The molecule has 7 heteroatoms. The first-order valence-corrected chi connectivity index (χ1v) is 12.7. The Balaban J connectivity index is 1.70. The zero-order valence-electron chi connectivity index (χ0n) is 21.3. The molecule has 7 nitrogen and oxygen atoms in total. The maximum absolute atomic E-state index is 14.1. The Morgan fingerprint density at radius 3 is 2.39 bits per heavy atom. The molecule has 188 valence electrons. The van der Waals surface area contributed by atoms with Crippen molar-refractivity contribution in [2.24, 2.45) is 0 Å². The lowest BCUT2D eigenvalue weighted by molar-refractivity contribution is 0.191. The summed E-state index contributed by atoms with van der Waals surface area (Å²) in [5.41, 5.74) is 6.14. The number of methoxy groups -OCH3 is 2. The SMILES string of the molecule is COCCC(c1ccc(OC)cc1)c1c(C)nc2c(N3CCCCC3)c(-c3ccccc3)[nH]n2c1=O. The van der Waals surface area contributed by atoms with Crippen molar-refractivity contribution in [3.05, 3.63) is 81.8 Å². The van der Waals surface area contributed by atoms with Gasteiger partial charge in [0.2, 0.25) is 0 Å². The van der Waals surface area contributed by atoms with Crippen molar-refractivity contribution in [1.82, 2.24) is 14.6 Å². The standard InChI is InChI=1S/C29H34N4O3/c1-20-25(24(16-19-35-2)21-12-14-23(36-3)15-13-21)29(34)33-28(30-20)27(32-17-8-5-9-18-32)26(31-33)22-10-6-4-7-11-22/h4,6-7,10-15,24,31H,5,8-9,16-19H2,1-3H3. The van der Waals surface area contributed by atoms with Crippen LogP contribution in [-0.2, 0) is 4.74 Å². The van der Waals surface area contributed by atoms with Crippen molar-refractivity contribution in [1.29, 1.82) is 0 Å². The Kier molecular flexibility index (Phi) is 7.09. The second kappa shape index (κ2) is 10.6. The van der Waals surface area contributed by atoms with E-state index >= 15 is 0 Å². The van der Waals surface area contributed by atoms with E-state index in [0.29, 0.717) is 24.2 Å². The summed E-state index contributed by atoms with van der Waals surface area (Å²) in [6, 6.07) is 18.1. The summed E-state index contributed by atoms with van der Waals surface area (Å²) >= 11 is 0. The van der Waals surface area contributed by atoms with E-state index < -0.39 is 0 Å². The van der Waals surface area contributed by atoms with E-state index in [2.05, 4.69) is 22.1 Å². The molecule has 3 heterocycles. The van der Waals surface area contributed by atoms with Crippen molar-refractivity contribution in [2.45, 2.75) is 38.5 Å². The molecule has 0 amide bonds. The number of fused-ring (bicyclic) bond motifs is 1. The smallest absolute Gasteiger partial charge is 0.276 e. The highest BCUT2D eigenvalue weighted by Crippen LogP contribution is 2.36. The summed E-state index contributed by atoms with van der Waals surface area (Å²) in [7, 11) is 3.34. The van der Waals surface area contributed by atoms with Gasteiger partial charge in [0.1, 0.15) is 11.4 Å². The van der Waals surface area contributed by atoms with E-state index in [9.17, 15) is 4.79 Å². The number of rotatable bonds is 8. The lowest BCUT2D eigenvalue weighted by Gasteiger charge is -2.28. The second-order valence-corrected chi connectivity index (χ2v) is 9.43. The lowest BCUT2D eigenvalue weighted by Crippen LogP contribution is -2.30. The number of benzene rings is 2. The van der Waals surface area contributed by atoms with E-state index in [1.54, 1.807) is 18.7 Å². The summed E-state index contributed by atoms with van der Waals surface area (Å²) in [5, 5.41) is 3.44. The highest BCUT2D eigenvalue weighted by Gasteiger charge is 2.27. The molecule has 36 heavy (non-hydrogen) atoms. The van der Waals surface area contributed by atoms with Crippen LogP contribution in [0.4, 0.5) is 5.69 Å². The molecule has 5 rings (SSSR count). The second-order valence-electron chi connectivity index (χ2n) is 9.43. The van der Waals surface area contributed by atoms with Gasteiger partial charge in [-0.2, -0.15) is 4.52 Å². The summed E-state index contributed by atoms with van der Waals surface area (Å²) in [6.07, 6.45) is 4.20. The van der Waals surface area contributed by atoms with Crippen LogP contribution in [0.3, 0.4) is 0 Å². The monoisotopic (exact) mass is 486 g/mol. The number of nitrogens with zero attached hydrogens (tertiary/aromatic N) is 3. The van der Waals surface area contributed by atoms with Gasteiger partial charge in [-0.05, 0) is 50.3 Å². The van der Waals surface area contributed by atoms with Gasteiger partial charge in [-0.3, -0.25) is 9.89 Å². The highest BCUT2D eigenvalue weighted by molar-refractivity contribution is 5.86. The third kappa shape index (κ3) is 4.51. The predicted molar refractivity (Wildman–Crippen MR) is 143 cm³/mol. The van der Waals surface area contributed by atoms with Crippen molar-refractivity contribution in [2.75, 3.05) is 38.8 Å². The number of anilines is 1. The Bertz CT molecular complexity index is 1370. The van der Waals surface area contributed by atoms with Crippen molar-refractivity contribution in [3.63, 3.8) is 0 Å². The first-order chi connectivity index (χ1) is 17.6. The van der Waals surface area contributed by atoms with Crippen LogP contribution >= 0.6 is 0 Å². The number of H-pyrrole nitrogens is 1. The summed E-state index contributed by atoms with van der Waals surface area (Å²) < 4.78 is 12.4. The number of piperidine rings is 1. The molecule has 2 aromatic heterocycles. The summed E-state index contributed by atoms with van der Waals surface area (Å²) in [4.78, 5) is 21.6. The fourth-order valence-electron chi connectivity index (χ4n) is 5.35. The van der Waals surface area contributed by atoms with Crippen LogP contribution in [-0.4, -0.2) is 48.5 Å². The van der Waals surface area contributed by atoms with E-state index in [4.69, 9.17) is 14.5 Å². The molecular weight excluding hydrogens is 452 g/mol.